The van der Waals surface area contributed by atoms with E-state index in [0.29, 0.717) is 5.56 Å². The molecule has 0 aliphatic carbocycles. The first-order chi connectivity index (χ1) is 6.25. The van der Waals surface area contributed by atoms with Crippen LogP contribution in [-0.4, -0.2) is 17.3 Å². The minimum absolute atomic E-state index is 0.542. The quantitative estimate of drug-likeness (QED) is 0.676. The summed E-state index contributed by atoms with van der Waals surface area (Å²) < 4.78 is 25.6. The maximum atomic E-state index is 12.8. The van der Waals surface area contributed by atoms with Crippen LogP contribution in [0.25, 0.3) is 0 Å². The Morgan fingerprint density at radius 2 is 1.85 bits per heavy atom. The van der Waals surface area contributed by atoms with Crippen molar-refractivity contribution in [2.45, 2.75) is 0 Å². The van der Waals surface area contributed by atoms with Crippen molar-refractivity contribution in [1.29, 1.82) is 0 Å². The lowest BCUT2D eigenvalue weighted by atomic mass is 10.2. The van der Waals surface area contributed by atoms with Gasteiger partial charge in [0, 0.05) is 23.9 Å². The largest absolute Gasteiger partial charge is 0.277 e. The number of rotatable bonds is 1. The average molecular weight is 199 g/mol. The summed E-state index contributed by atoms with van der Waals surface area (Å²) in [5, 5.41) is 0.735. The molecule has 0 spiro atoms. The van der Waals surface area contributed by atoms with Gasteiger partial charge in [0.25, 0.3) is 0 Å². The van der Waals surface area contributed by atoms with Gasteiger partial charge in [-0.25, -0.2) is 8.78 Å². The second-order valence-corrected chi connectivity index (χ2v) is 3.78. The van der Waals surface area contributed by atoms with E-state index in [2.05, 4.69) is 4.99 Å². The molecule has 0 saturated carbocycles. The second kappa shape index (κ2) is 3.46. The lowest BCUT2D eigenvalue weighted by Gasteiger charge is -1.99. The van der Waals surface area contributed by atoms with E-state index in [-0.39, 0.29) is 0 Å². The Labute approximate surface area is 78.9 Å². The van der Waals surface area contributed by atoms with Crippen LogP contribution in [-0.2, 0) is 0 Å². The number of hydrogen-bond donors (Lipinski definition) is 0. The Bertz CT molecular complexity index is 342. The summed E-state index contributed by atoms with van der Waals surface area (Å²) in [6.45, 7) is 0.734. The van der Waals surface area contributed by atoms with E-state index in [1.165, 1.54) is 23.9 Å². The maximum Gasteiger partial charge on any atom is 0.126 e. The number of halogens is 2. The minimum Gasteiger partial charge on any atom is -0.277 e. The molecule has 1 nitrogen and oxygen atoms in total. The molecular formula is C9H7F2NS. The zero-order chi connectivity index (χ0) is 9.26. The molecule has 0 N–H and O–H groups in total. The molecule has 1 heterocycles. The lowest BCUT2D eigenvalue weighted by Crippen LogP contribution is -1.94. The third-order valence-corrected chi connectivity index (χ3v) is 2.72. The molecule has 2 rings (SSSR count). The van der Waals surface area contributed by atoms with E-state index in [0.717, 1.165) is 23.4 Å². The monoisotopic (exact) mass is 199 g/mol. The van der Waals surface area contributed by atoms with Crippen LogP contribution < -0.4 is 0 Å². The van der Waals surface area contributed by atoms with Crippen molar-refractivity contribution in [3.63, 3.8) is 0 Å². The summed E-state index contributed by atoms with van der Waals surface area (Å²) in [6.07, 6.45) is 0. The molecule has 68 valence electrons. The predicted molar refractivity (Wildman–Crippen MR) is 50.2 cm³/mol. The molecule has 0 bridgehead atoms. The topological polar surface area (TPSA) is 12.4 Å². The molecule has 13 heavy (non-hydrogen) atoms. The molecule has 0 radical (unpaired) electrons. The normalized spacial score (nSPS) is 16.0. The summed E-state index contributed by atoms with van der Waals surface area (Å²) in [6, 6.07) is 3.48. The summed E-state index contributed by atoms with van der Waals surface area (Å²) in [5.74, 6) is -0.205. The van der Waals surface area contributed by atoms with E-state index in [1.54, 1.807) is 0 Å². The van der Waals surface area contributed by atoms with Crippen molar-refractivity contribution in [2.24, 2.45) is 4.99 Å². The fourth-order valence-corrected chi connectivity index (χ4v) is 2.03. The minimum atomic E-state index is -0.551. The molecule has 1 aromatic rings. The van der Waals surface area contributed by atoms with E-state index in [1.807, 2.05) is 0 Å². The van der Waals surface area contributed by atoms with Crippen LogP contribution in [0.1, 0.15) is 5.56 Å². The van der Waals surface area contributed by atoms with Crippen LogP contribution in [0.15, 0.2) is 23.2 Å². The van der Waals surface area contributed by atoms with Crippen LogP contribution >= 0.6 is 11.8 Å². The van der Waals surface area contributed by atoms with Gasteiger partial charge in [-0.2, -0.15) is 0 Å². The van der Waals surface area contributed by atoms with E-state index in [9.17, 15) is 8.78 Å². The van der Waals surface area contributed by atoms with Crippen LogP contribution in [0.5, 0.6) is 0 Å². The predicted octanol–water partition coefficient (Wildman–Crippen LogP) is 2.46. The molecule has 1 aliphatic heterocycles. The van der Waals surface area contributed by atoms with Gasteiger partial charge < -0.3 is 0 Å². The molecule has 1 aromatic carbocycles. The standard InChI is InChI=1S/C9H7F2NS/c10-7-3-6(4-8(11)5-7)9-12-1-2-13-9/h3-5H,1-2H2. The van der Waals surface area contributed by atoms with Gasteiger partial charge in [-0.3, -0.25) is 4.99 Å². The number of hydrogen-bond acceptors (Lipinski definition) is 2. The highest BCUT2D eigenvalue weighted by molar-refractivity contribution is 8.14. The number of benzene rings is 1. The Morgan fingerprint density at radius 3 is 2.38 bits per heavy atom. The molecule has 0 atom stereocenters. The molecule has 4 heteroatoms. The number of nitrogens with zero attached hydrogens (tertiary/aromatic N) is 1. The van der Waals surface area contributed by atoms with Gasteiger partial charge in [0.1, 0.15) is 11.6 Å². The van der Waals surface area contributed by atoms with Crippen LogP contribution in [0, 0.1) is 11.6 Å². The lowest BCUT2D eigenvalue weighted by molar-refractivity contribution is 0.583. The molecule has 0 fully saturated rings. The summed E-state index contributed by atoms with van der Waals surface area (Å²) in [5.41, 5.74) is 0.542. The zero-order valence-corrected chi connectivity index (χ0v) is 7.57. The van der Waals surface area contributed by atoms with Crippen molar-refractivity contribution in [1.82, 2.24) is 0 Å². The van der Waals surface area contributed by atoms with E-state index >= 15 is 0 Å². The summed E-state index contributed by atoms with van der Waals surface area (Å²) in [4.78, 5) is 4.13. The van der Waals surface area contributed by atoms with Crippen molar-refractivity contribution in [3.05, 3.63) is 35.4 Å². The van der Waals surface area contributed by atoms with Crippen molar-refractivity contribution >= 4 is 16.8 Å². The Hall–Kier alpha value is -0.900. The first-order valence-electron chi connectivity index (χ1n) is 3.89. The van der Waals surface area contributed by atoms with Crippen molar-refractivity contribution in [3.8, 4) is 0 Å². The SMILES string of the molecule is Fc1cc(F)cc(C2=NCCS2)c1. The fraction of sp³-hybridized carbons (Fsp3) is 0.222. The fourth-order valence-electron chi connectivity index (χ4n) is 1.19. The van der Waals surface area contributed by atoms with Crippen LogP contribution in [0.3, 0.4) is 0 Å². The van der Waals surface area contributed by atoms with Gasteiger partial charge >= 0.3 is 0 Å². The van der Waals surface area contributed by atoms with Gasteiger partial charge in [-0.05, 0) is 12.1 Å². The smallest absolute Gasteiger partial charge is 0.126 e. The molecule has 0 aromatic heterocycles. The van der Waals surface area contributed by atoms with Gasteiger partial charge in [-0.15, -0.1) is 11.8 Å². The highest BCUT2D eigenvalue weighted by Gasteiger charge is 2.11. The molecular weight excluding hydrogens is 192 g/mol. The second-order valence-electron chi connectivity index (χ2n) is 2.69. The Kier molecular flexibility index (Phi) is 2.31. The van der Waals surface area contributed by atoms with Gasteiger partial charge in [0.05, 0.1) is 5.04 Å². The highest BCUT2D eigenvalue weighted by Crippen LogP contribution is 2.20. The third kappa shape index (κ3) is 1.88. The summed E-state index contributed by atoms with van der Waals surface area (Å²) in [7, 11) is 0. The Morgan fingerprint density at radius 1 is 1.15 bits per heavy atom. The number of thioether (sulfide) groups is 1. The van der Waals surface area contributed by atoms with Crippen LogP contribution in [0.2, 0.25) is 0 Å². The summed E-state index contributed by atoms with van der Waals surface area (Å²) >= 11 is 1.53. The maximum absolute atomic E-state index is 12.8. The first-order valence-corrected chi connectivity index (χ1v) is 4.88. The molecule has 0 unspecified atom stereocenters. The number of aliphatic imine (C=N–C) groups is 1. The molecule has 0 saturated heterocycles. The third-order valence-electron chi connectivity index (χ3n) is 1.69. The molecule has 1 aliphatic rings. The highest BCUT2D eigenvalue weighted by atomic mass is 32.2. The molecule has 0 amide bonds. The van der Waals surface area contributed by atoms with E-state index < -0.39 is 11.6 Å². The van der Waals surface area contributed by atoms with Crippen molar-refractivity contribution in [2.75, 3.05) is 12.3 Å². The Balaban J connectivity index is 2.39. The van der Waals surface area contributed by atoms with Gasteiger partial charge in [-0.1, -0.05) is 0 Å². The zero-order valence-electron chi connectivity index (χ0n) is 6.76. The van der Waals surface area contributed by atoms with Crippen LogP contribution in [0.4, 0.5) is 8.78 Å². The van der Waals surface area contributed by atoms with Crippen molar-refractivity contribution < 1.29 is 8.78 Å². The first kappa shape index (κ1) is 8.69. The van der Waals surface area contributed by atoms with Gasteiger partial charge in [0.2, 0.25) is 0 Å². The van der Waals surface area contributed by atoms with E-state index in [4.69, 9.17) is 0 Å². The average Bonchev–Trinajstić information content (AvgIpc) is 2.53. The van der Waals surface area contributed by atoms with Gasteiger partial charge in [0.15, 0.2) is 0 Å².